The Balaban J connectivity index is 1.99. The maximum atomic E-state index is 12.0. The number of amides is 2. The van der Waals surface area contributed by atoms with Crippen molar-refractivity contribution in [1.29, 1.82) is 0 Å². The highest BCUT2D eigenvalue weighted by Gasteiger charge is 2.24. The standard InChI is InChI=1S/C15H20N2O4/c1-21-9-13(14(18)19)17-15(20)16-12-8-4-6-10-5-2-3-7-11(10)12/h2-3,5,7,12-13H,4,6,8-9H2,1H3,(H,18,19)(H2,16,17,20). The maximum absolute atomic E-state index is 12.0. The molecule has 0 aliphatic heterocycles. The van der Waals surface area contributed by atoms with Crippen LogP contribution < -0.4 is 10.6 Å². The smallest absolute Gasteiger partial charge is 0.328 e. The average Bonchev–Trinajstić information content (AvgIpc) is 2.47. The third-order valence-electron chi connectivity index (χ3n) is 3.61. The van der Waals surface area contributed by atoms with Crippen LogP contribution in [0.1, 0.15) is 30.0 Å². The van der Waals surface area contributed by atoms with Gasteiger partial charge in [0.05, 0.1) is 12.6 Å². The molecule has 6 nitrogen and oxygen atoms in total. The molecular formula is C15H20N2O4. The molecule has 21 heavy (non-hydrogen) atoms. The van der Waals surface area contributed by atoms with E-state index >= 15 is 0 Å². The van der Waals surface area contributed by atoms with Crippen molar-refractivity contribution in [1.82, 2.24) is 10.6 Å². The molecule has 2 unspecified atom stereocenters. The minimum absolute atomic E-state index is 0.0655. The first-order chi connectivity index (χ1) is 10.1. The lowest BCUT2D eigenvalue weighted by molar-refractivity contribution is -0.140. The summed E-state index contributed by atoms with van der Waals surface area (Å²) < 4.78 is 4.79. The van der Waals surface area contributed by atoms with Crippen LogP contribution in [-0.4, -0.2) is 36.9 Å². The molecule has 0 radical (unpaired) electrons. The van der Waals surface area contributed by atoms with E-state index in [0.29, 0.717) is 0 Å². The van der Waals surface area contributed by atoms with Gasteiger partial charge in [0.1, 0.15) is 0 Å². The number of hydrogen-bond acceptors (Lipinski definition) is 3. The number of urea groups is 1. The number of rotatable bonds is 5. The highest BCUT2D eigenvalue weighted by atomic mass is 16.5. The van der Waals surface area contributed by atoms with E-state index in [-0.39, 0.29) is 12.6 Å². The summed E-state index contributed by atoms with van der Waals surface area (Å²) >= 11 is 0. The number of hydrogen-bond donors (Lipinski definition) is 3. The predicted molar refractivity (Wildman–Crippen MR) is 77.1 cm³/mol. The van der Waals surface area contributed by atoms with E-state index in [0.717, 1.165) is 24.8 Å². The van der Waals surface area contributed by atoms with Gasteiger partial charge in [0, 0.05) is 7.11 Å². The average molecular weight is 292 g/mol. The van der Waals surface area contributed by atoms with Crippen LogP contribution in [0.25, 0.3) is 0 Å². The number of benzene rings is 1. The number of ether oxygens (including phenoxy) is 1. The highest BCUT2D eigenvalue weighted by molar-refractivity contribution is 5.82. The van der Waals surface area contributed by atoms with Gasteiger partial charge in [-0.1, -0.05) is 24.3 Å². The van der Waals surface area contributed by atoms with E-state index in [2.05, 4.69) is 16.7 Å². The number of methoxy groups -OCH3 is 1. The molecule has 0 heterocycles. The maximum Gasteiger partial charge on any atom is 0.328 e. The van der Waals surface area contributed by atoms with Crippen molar-refractivity contribution >= 4 is 12.0 Å². The first-order valence-electron chi connectivity index (χ1n) is 6.98. The van der Waals surface area contributed by atoms with Gasteiger partial charge in [-0.15, -0.1) is 0 Å². The third kappa shape index (κ3) is 3.95. The second kappa shape index (κ2) is 7.08. The fraction of sp³-hybridized carbons (Fsp3) is 0.467. The molecule has 1 aliphatic carbocycles. The van der Waals surface area contributed by atoms with Gasteiger partial charge in [-0.05, 0) is 30.4 Å². The van der Waals surface area contributed by atoms with E-state index in [4.69, 9.17) is 9.84 Å². The Labute approximate surface area is 123 Å². The molecule has 0 spiro atoms. The Morgan fingerprint density at radius 1 is 1.43 bits per heavy atom. The van der Waals surface area contributed by atoms with Gasteiger partial charge in [0.2, 0.25) is 0 Å². The molecule has 0 bridgehead atoms. The van der Waals surface area contributed by atoms with Crippen LogP contribution in [0.15, 0.2) is 24.3 Å². The molecule has 2 rings (SSSR count). The van der Waals surface area contributed by atoms with Gasteiger partial charge in [-0.3, -0.25) is 0 Å². The first-order valence-corrected chi connectivity index (χ1v) is 6.98. The Morgan fingerprint density at radius 2 is 2.19 bits per heavy atom. The molecule has 1 aromatic carbocycles. The fourth-order valence-corrected chi connectivity index (χ4v) is 2.60. The van der Waals surface area contributed by atoms with E-state index in [1.54, 1.807) is 0 Å². The Morgan fingerprint density at radius 3 is 2.90 bits per heavy atom. The molecule has 1 aromatic rings. The Bertz CT molecular complexity index is 518. The van der Waals surface area contributed by atoms with Gasteiger partial charge in [-0.2, -0.15) is 0 Å². The topological polar surface area (TPSA) is 87.7 Å². The van der Waals surface area contributed by atoms with Gasteiger partial charge < -0.3 is 20.5 Å². The van der Waals surface area contributed by atoms with E-state index in [1.807, 2.05) is 18.2 Å². The van der Waals surface area contributed by atoms with Crippen LogP contribution in [0.4, 0.5) is 4.79 Å². The second-order valence-corrected chi connectivity index (χ2v) is 5.11. The van der Waals surface area contributed by atoms with Crippen molar-refractivity contribution in [3.63, 3.8) is 0 Å². The summed E-state index contributed by atoms with van der Waals surface area (Å²) in [5, 5.41) is 14.3. The SMILES string of the molecule is COCC(NC(=O)NC1CCCc2ccccc21)C(=O)O. The number of aryl methyl sites for hydroxylation is 1. The molecule has 2 amide bonds. The second-order valence-electron chi connectivity index (χ2n) is 5.11. The lowest BCUT2D eigenvalue weighted by atomic mass is 9.88. The number of aliphatic carboxylic acids is 1. The number of nitrogens with one attached hydrogen (secondary N) is 2. The van der Waals surface area contributed by atoms with E-state index < -0.39 is 18.0 Å². The number of carboxylic acids is 1. The monoisotopic (exact) mass is 292 g/mol. The zero-order valence-electron chi connectivity index (χ0n) is 12.0. The lowest BCUT2D eigenvalue weighted by Crippen LogP contribution is -2.49. The summed E-state index contributed by atoms with van der Waals surface area (Å²) in [6.07, 6.45) is 2.87. The molecule has 0 saturated heterocycles. The quantitative estimate of drug-likeness (QED) is 0.766. The van der Waals surface area contributed by atoms with Crippen LogP contribution in [0.5, 0.6) is 0 Å². The van der Waals surface area contributed by atoms with Crippen molar-refractivity contribution in [2.45, 2.75) is 31.3 Å². The van der Waals surface area contributed by atoms with Crippen molar-refractivity contribution < 1.29 is 19.4 Å². The summed E-state index contributed by atoms with van der Waals surface area (Å²) in [4.78, 5) is 23.0. The van der Waals surface area contributed by atoms with Crippen molar-refractivity contribution in [3.05, 3.63) is 35.4 Å². The predicted octanol–water partition coefficient (Wildman–Crippen LogP) is 1.46. The Kier molecular flexibility index (Phi) is 5.16. The zero-order chi connectivity index (χ0) is 15.2. The molecule has 114 valence electrons. The lowest BCUT2D eigenvalue weighted by Gasteiger charge is -2.27. The summed E-state index contributed by atoms with van der Waals surface area (Å²) in [5.41, 5.74) is 2.35. The molecule has 2 atom stereocenters. The van der Waals surface area contributed by atoms with Crippen LogP contribution in [-0.2, 0) is 16.0 Å². The normalized spacial score (nSPS) is 18.4. The van der Waals surface area contributed by atoms with Gasteiger partial charge in [0.15, 0.2) is 6.04 Å². The van der Waals surface area contributed by atoms with Gasteiger partial charge in [-0.25, -0.2) is 9.59 Å². The fourth-order valence-electron chi connectivity index (χ4n) is 2.60. The molecule has 0 saturated carbocycles. The molecule has 1 aliphatic rings. The van der Waals surface area contributed by atoms with Crippen LogP contribution >= 0.6 is 0 Å². The first kappa shape index (κ1) is 15.3. The molecule has 3 N–H and O–H groups in total. The summed E-state index contributed by atoms with van der Waals surface area (Å²) in [6, 6.07) is 6.39. The number of carbonyl (C=O) groups is 2. The molecule has 0 aromatic heterocycles. The minimum atomic E-state index is -1.11. The van der Waals surface area contributed by atoms with Crippen LogP contribution in [0, 0.1) is 0 Å². The van der Waals surface area contributed by atoms with Crippen LogP contribution in [0.3, 0.4) is 0 Å². The summed E-state index contributed by atoms with van der Waals surface area (Å²) in [7, 11) is 1.40. The van der Waals surface area contributed by atoms with Crippen molar-refractivity contribution in [2.75, 3.05) is 13.7 Å². The molecule has 6 heteroatoms. The third-order valence-corrected chi connectivity index (χ3v) is 3.61. The van der Waals surface area contributed by atoms with Crippen molar-refractivity contribution in [3.8, 4) is 0 Å². The highest BCUT2D eigenvalue weighted by Crippen LogP contribution is 2.29. The summed E-state index contributed by atoms with van der Waals surface area (Å²) in [6.45, 7) is -0.0655. The molecular weight excluding hydrogens is 272 g/mol. The Hall–Kier alpha value is -2.08. The number of fused-ring (bicyclic) bond motifs is 1. The summed E-state index contributed by atoms with van der Waals surface area (Å²) in [5.74, 6) is -1.11. The molecule has 0 fully saturated rings. The van der Waals surface area contributed by atoms with E-state index in [1.165, 1.54) is 12.7 Å². The van der Waals surface area contributed by atoms with Gasteiger partial charge >= 0.3 is 12.0 Å². The van der Waals surface area contributed by atoms with Crippen LogP contribution in [0.2, 0.25) is 0 Å². The minimum Gasteiger partial charge on any atom is -0.480 e. The van der Waals surface area contributed by atoms with E-state index in [9.17, 15) is 9.59 Å². The van der Waals surface area contributed by atoms with Gasteiger partial charge in [0.25, 0.3) is 0 Å². The largest absolute Gasteiger partial charge is 0.480 e. The zero-order valence-corrected chi connectivity index (χ0v) is 12.0. The number of carbonyl (C=O) groups excluding carboxylic acids is 1. The number of carboxylic acid groups (broad SMARTS) is 1. The van der Waals surface area contributed by atoms with Crippen molar-refractivity contribution in [2.24, 2.45) is 0 Å².